The first-order valence-corrected chi connectivity index (χ1v) is 9.98. The zero-order valence-electron chi connectivity index (χ0n) is 13.7. The molecule has 2 N–H and O–H groups in total. The van der Waals surface area contributed by atoms with Crippen molar-refractivity contribution in [3.05, 3.63) is 35.9 Å². The van der Waals surface area contributed by atoms with E-state index in [1.165, 1.54) is 0 Å². The lowest BCUT2D eigenvalue weighted by Crippen LogP contribution is -2.37. The van der Waals surface area contributed by atoms with E-state index in [2.05, 4.69) is 10.6 Å². The third kappa shape index (κ3) is 5.96. The van der Waals surface area contributed by atoms with Gasteiger partial charge in [0, 0.05) is 13.0 Å². The minimum atomic E-state index is -3.20. The van der Waals surface area contributed by atoms with Gasteiger partial charge in [0.05, 0.1) is 17.5 Å². The number of rotatable bonds is 8. The van der Waals surface area contributed by atoms with Gasteiger partial charge in [0.15, 0.2) is 9.84 Å². The number of hydrogen-bond donors (Lipinski definition) is 2. The van der Waals surface area contributed by atoms with Gasteiger partial charge in [0.1, 0.15) is 0 Å². The van der Waals surface area contributed by atoms with E-state index in [4.69, 9.17) is 0 Å². The second kappa shape index (κ2) is 8.82. The van der Waals surface area contributed by atoms with Crippen molar-refractivity contribution in [3.8, 4) is 0 Å². The van der Waals surface area contributed by atoms with Crippen LogP contribution in [0, 0.1) is 0 Å². The van der Waals surface area contributed by atoms with Gasteiger partial charge in [-0.1, -0.05) is 43.2 Å². The molecule has 1 aliphatic rings. The van der Waals surface area contributed by atoms with Gasteiger partial charge in [0.2, 0.25) is 11.8 Å². The molecule has 0 heterocycles. The highest BCUT2D eigenvalue weighted by Crippen LogP contribution is 2.25. The summed E-state index contributed by atoms with van der Waals surface area (Å²) in [5.41, 5.74) is 0.972. The van der Waals surface area contributed by atoms with Crippen molar-refractivity contribution in [3.63, 3.8) is 0 Å². The zero-order chi connectivity index (χ0) is 17.4. The zero-order valence-corrected chi connectivity index (χ0v) is 14.5. The number of sulfone groups is 1. The van der Waals surface area contributed by atoms with E-state index < -0.39 is 15.7 Å². The van der Waals surface area contributed by atoms with E-state index in [0.29, 0.717) is 19.4 Å². The lowest BCUT2D eigenvalue weighted by Gasteiger charge is -2.11. The third-order valence-electron chi connectivity index (χ3n) is 4.20. The standard InChI is InChI=1S/C17H24N2O4S/c20-16(10-11-24(22,23)15-8-4-5-9-15)19-13-17(21)18-12-14-6-2-1-3-7-14/h1-3,6-7,15H,4-5,8-13H2,(H,18,21)(H,19,20). The summed E-state index contributed by atoms with van der Waals surface area (Å²) in [5.74, 6) is -0.855. The molecule has 0 atom stereocenters. The Morgan fingerprint density at radius 2 is 1.67 bits per heavy atom. The predicted octanol–water partition coefficient (Wildman–Crippen LogP) is 1.17. The maximum absolute atomic E-state index is 12.1. The van der Waals surface area contributed by atoms with Crippen molar-refractivity contribution < 1.29 is 18.0 Å². The van der Waals surface area contributed by atoms with Crippen LogP contribution in [0.25, 0.3) is 0 Å². The van der Waals surface area contributed by atoms with Crippen molar-refractivity contribution in [2.75, 3.05) is 12.3 Å². The van der Waals surface area contributed by atoms with Gasteiger partial charge in [0.25, 0.3) is 0 Å². The first kappa shape index (κ1) is 18.4. The number of hydrogen-bond acceptors (Lipinski definition) is 4. The lowest BCUT2D eigenvalue weighted by atomic mass is 10.2. The fraction of sp³-hybridized carbons (Fsp3) is 0.529. The van der Waals surface area contributed by atoms with Gasteiger partial charge < -0.3 is 10.6 Å². The number of nitrogens with one attached hydrogen (secondary N) is 2. The summed E-state index contributed by atoms with van der Waals surface area (Å²) in [4.78, 5) is 23.4. The van der Waals surface area contributed by atoms with Crippen LogP contribution < -0.4 is 10.6 Å². The Labute approximate surface area is 142 Å². The molecule has 0 radical (unpaired) electrons. The van der Waals surface area contributed by atoms with Crippen LogP contribution in [-0.4, -0.2) is 37.8 Å². The highest BCUT2D eigenvalue weighted by molar-refractivity contribution is 7.92. The largest absolute Gasteiger partial charge is 0.350 e. The SMILES string of the molecule is O=C(CCS(=O)(=O)C1CCCC1)NCC(=O)NCc1ccccc1. The summed E-state index contributed by atoms with van der Waals surface area (Å²) in [6.45, 7) is 0.251. The van der Waals surface area contributed by atoms with Crippen LogP contribution in [0.2, 0.25) is 0 Å². The molecule has 0 unspecified atom stereocenters. The molecule has 1 aromatic carbocycles. The maximum Gasteiger partial charge on any atom is 0.239 e. The van der Waals surface area contributed by atoms with Crippen LogP contribution in [-0.2, 0) is 26.0 Å². The van der Waals surface area contributed by atoms with Crippen LogP contribution in [0.15, 0.2) is 30.3 Å². The van der Waals surface area contributed by atoms with Crippen LogP contribution in [0.1, 0.15) is 37.7 Å². The van der Waals surface area contributed by atoms with Crippen molar-refractivity contribution in [1.82, 2.24) is 10.6 Å². The third-order valence-corrected chi connectivity index (χ3v) is 6.46. The van der Waals surface area contributed by atoms with Gasteiger partial charge in [-0.25, -0.2) is 8.42 Å². The molecule has 2 rings (SSSR count). The van der Waals surface area contributed by atoms with Gasteiger partial charge in [-0.3, -0.25) is 9.59 Å². The Hall–Kier alpha value is -1.89. The Morgan fingerprint density at radius 1 is 1.00 bits per heavy atom. The fourth-order valence-electron chi connectivity index (χ4n) is 2.78. The highest BCUT2D eigenvalue weighted by atomic mass is 32.2. The van der Waals surface area contributed by atoms with E-state index in [9.17, 15) is 18.0 Å². The van der Waals surface area contributed by atoms with E-state index in [1.54, 1.807) is 0 Å². The fourth-order valence-corrected chi connectivity index (χ4v) is 4.63. The number of carbonyl (C=O) groups excluding carboxylic acids is 2. The minimum Gasteiger partial charge on any atom is -0.350 e. The van der Waals surface area contributed by atoms with Gasteiger partial charge in [-0.2, -0.15) is 0 Å². The van der Waals surface area contributed by atoms with Crippen molar-refractivity contribution in [2.24, 2.45) is 0 Å². The van der Waals surface area contributed by atoms with Gasteiger partial charge in [-0.05, 0) is 18.4 Å². The van der Waals surface area contributed by atoms with Crippen LogP contribution in [0.5, 0.6) is 0 Å². The monoisotopic (exact) mass is 352 g/mol. The topological polar surface area (TPSA) is 92.3 Å². The maximum atomic E-state index is 12.1. The second-order valence-corrected chi connectivity index (χ2v) is 8.46. The Bertz CT molecular complexity index is 652. The number of amides is 2. The molecule has 1 aliphatic carbocycles. The van der Waals surface area contributed by atoms with Gasteiger partial charge >= 0.3 is 0 Å². The van der Waals surface area contributed by atoms with Crippen LogP contribution >= 0.6 is 0 Å². The molecule has 0 saturated heterocycles. The lowest BCUT2D eigenvalue weighted by molar-refractivity contribution is -0.125. The molecule has 2 amide bonds. The molecule has 0 aromatic heterocycles. The van der Waals surface area contributed by atoms with Crippen LogP contribution in [0.3, 0.4) is 0 Å². The van der Waals surface area contributed by atoms with Crippen molar-refractivity contribution in [2.45, 2.75) is 43.9 Å². The van der Waals surface area contributed by atoms with E-state index in [0.717, 1.165) is 18.4 Å². The molecule has 1 fully saturated rings. The molecule has 0 spiro atoms. The highest BCUT2D eigenvalue weighted by Gasteiger charge is 2.28. The smallest absolute Gasteiger partial charge is 0.239 e. The van der Waals surface area contributed by atoms with E-state index in [1.807, 2.05) is 30.3 Å². The molecule has 0 aliphatic heterocycles. The van der Waals surface area contributed by atoms with Crippen molar-refractivity contribution in [1.29, 1.82) is 0 Å². The molecule has 7 heteroatoms. The molecule has 1 aromatic rings. The van der Waals surface area contributed by atoms with E-state index >= 15 is 0 Å². The van der Waals surface area contributed by atoms with Crippen molar-refractivity contribution >= 4 is 21.7 Å². The molecule has 0 bridgehead atoms. The Kier molecular flexibility index (Phi) is 6.78. The first-order valence-electron chi connectivity index (χ1n) is 8.26. The van der Waals surface area contributed by atoms with E-state index in [-0.39, 0.29) is 29.9 Å². The molecule has 6 nitrogen and oxygen atoms in total. The van der Waals surface area contributed by atoms with Gasteiger partial charge in [-0.15, -0.1) is 0 Å². The minimum absolute atomic E-state index is 0.0925. The molecular weight excluding hydrogens is 328 g/mol. The number of carbonyl (C=O) groups is 2. The first-order chi connectivity index (χ1) is 11.5. The molecule has 24 heavy (non-hydrogen) atoms. The Morgan fingerprint density at radius 3 is 2.33 bits per heavy atom. The average Bonchev–Trinajstić information content (AvgIpc) is 3.13. The summed E-state index contributed by atoms with van der Waals surface area (Å²) in [5, 5.41) is 4.87. The number of benzene rings is 1. The second-order valence-electron chi connectivity index (χ2n) is 6.06. The quantitative estimate of drug-likeness (QED) is 0.734. The normalized spacial score (nSPS) is 15.2. The molecule has 1 saturated carbocycles. The summed E-state index contributed by atoms with van der Waals surface area (Å²) in [6, 6.07) is 9.45. The summed E-state index contributed by atoms with van der Waals surface area (Å²) in [6.07, 6.45) is 3.19. The summed E-state index contributed by atoms with van der Waals surface area (Å²) >= 11 is 0. The predicted molar refractivity (Wildman–Crippen MR) is 92.0 cm³/mol. The Balaban J connectivity index is 1.64. The summed E-state index contributed by atoms with van der Waals surface area (Å²) < 4.78 is 24.2. The average molecular weight is 352 g/mol. The van der Waals surface area contributed by atoms with Crippen LogP contribution in [0.4, 0.5) is 0 Å². The molecular formula is C17H24N2O4S. The molecule has 132 valence electrons. The summed E-state index contributed by atoms with van der Waals surface area (Å²) in [7, 11) is -3.20.